The van der Waals surface area contributed by atoms with Crippen molar-refractivity contribution in [2.24, 2.45) is 0 Å². The molecule has 6 nitrogen and oxygen atoms in total. The van der Waals surface area contributed by atoms with Crippen LogP contribution in [0.4, 0.5) is 11.5 Å². The van der Waals surface area contributed by atoms with Crippen LogP contribution < -0.4 is 10.2 Å². The van der Waals surface area contributed by atoms with E-state index in [1.807, 2.05) is 0 Å². The number of pyridine rings is 1. The first-order chi connectivity index (χ1) is 15.4. The maximum absolute atomic E-state index is 12.5. The SMILES string of the molecule is CC(C)c1nc(N2CCN(CC(=O)Nc3ccc(Cl)cc3Cl)CC2)c(C#N)c2c1CCC2. The number of halogens is 2. The number of hydrogen-bond donors (Lipinski definition) is 1. The van der Waals surface area contributed by atoms with Crippen molar-refractivity contribution < 1.29 is 4.79 Å². The van der Waals surface area contributed by atoms with Gasteiger partial charge in [-0.1, -0.05) is 37.0 Å². The van der Waals surface area contributed by atoms with Gasteiger partial charge < -0.3 is 10.2 Å². The number of carbonyl (C=O) groups excluding carboxylic acids is 1. The summed E-state index contributed by atoms with van der Waals surface area (Å²) in [6.45, 7) is 7.53. The number of nitriles is 1. The third kappa shape index (κ3) is 4.71. The van der Waals surface area contributed by atoms with E-state index in [1.165, 1.54) is 11.1 Å². The van der Waals surface area contributed by atoms with Crippen LogP contribution in [0.25, 0.3) is 0 Å². The summed E-state index contributed by atoms with van der Waals surface area (Å²) in [5, 5.41) is 13.7. The lowest BCUT2D eigenvalue weighted by Crippen LogP contribution is -2.49. The first-order valence-corrected chi connectivity index (χ1v) is 11.8. The predicted molar refractivity (Wildman–Crippen MR) is 129 cm³/mol. The molecule has 0 bridgehead atoms. The highest BCUT2D eigenvalue weighted by atomic mass is 35.5. The summed E-state index contributed by atoms with van der Waals surface area (Å²) in [6, 6.07) is 7.45. The van der Waals surface area contributed by atoms with Crippen LogP contribution in [0.2, 0.25) is 10.0 Å². The van der Waals surface area contributed by atoms with Gasteiger partial charge in [0.1, 0.15) is 11.9 Å². The van der Waals surface area contributed by atoms with Crippen LogP contribution in [0, 0.1) is 11.3 Å². The highest BCUT2D eigenvalue weighted by Gasteiger charge is 2.28. The van der Waals surface area contributed by atoms with Crippen LogP contribution in [-0.4, -0.2) is 48.5 Å². The van der Waals surface area contributed by atoms with Crippen molar-refractivity contribution in [3.8, 4) is 6.07 Å². The van der Waals surface area contributed by atoms with E-state index in [1.54, 1.807) is 18.2 Å². The van der Waals surface area contributed by atoms with Crippen molar-refractivity contribution in [3.05, 3.63) is 50.6 Å². The minimum atomic E-state index is -0.113. The van der Waals surface area contributed by atoms with E-state index >= 15 is 0 Å². The standard InChI is InChI=1S/C24H27Cl2N5O/c1-15(2)23-18-5-3-4-17(18)19(13-27)24(29-23)31-10-8-30(9-11-31)14-22(32)28-21-7-6-16(25)12-20(21)26/h6-7,12,15H,3-5,8-11,14H2,1-2H3,(H,28,32). The fourth-order valence-electron chi connectivity index (χ4n) is 4.60. The lowest BCUT2D eigenvalue weighted by molar-refractivity contribution is -0.117. The van der Waals surface area contributed by atoms with Gasteiger partial charge in [0.05, 0.1) is 22.8 Å². The number of hydrogen-bond acceptors (Lipinski definition) is 5. The molecule has 2 aliphatic rings. The summed E-state index contributed by atoms with van der Waals surface area (Å²) in [6.07, 6.45) is 3.07. The van der Waals surface area contributed by atoms with Crippen molar-refractivity contribution >= 4 is 40.6 Å². The Labute approximate surface area is 199 Å². The number of amides is 1. The smallest absolute Gasteiger partial charge is 0.238 e. The third-order valence-electron chi connectivity index (χ3n) is 6.18. The van der Waals surface area contributed by atoms with Gasteiger partial charge >= 0.3 is 0 Å². The van der Waals surface area contributed by atoms with Crippen molar-refractivity contribution in [3.63, 3.8) is 0 Å². The first-order valence-electron chi connectivity index (χ1n) is 11.0. The van der Waals surface area contributed by atoms with Crippen LogP contribution in [-0.2, 0) is 17.6 Å². The molecular formula is C24H27Cl2N5O. The van der Waals surface area contributed by atoms with E-state index < -0.39 is 0 Å². The Bertz CT molecular complexity index is 1070. The van der Waals surface area contributed by atoms with Crippen LogP contribution in [0.1, 0.15) is 48.6 Å². The van der Waals surface area contributed by atoms with E-state index in [-0.39, 0.29) is 12.5 Å². The van der Waals surface area contributed by atoms with Gasteiger partial charge in [-0.05, 0) is 54.5 Å². The molecule has 2 aromatic rings. The number of benzene rings is 1. The van der Waals surface area contributed by atoms with Crippen LogP contribution in [0.5, 0.6) is 0 Å². The maximum Gasteiger partial charge on any atom is 0.238 e. The second-order valence-electron chi connectivity index (χ2n) is 8.71. The number of nitrogens with zero attached hydrogens (tertiary/aromatic N) is 4. The molecule has 1 aromatic heterocycles. The number of aromatic nitrogens is 1. The lowest BCUT2D eigenvalue weighted by atomic mass is 9.97. The molecule has 1 aliphatic carbocycles. The summed E-state index contributed by atoms with van der Waals surface area (Å²) in [5.41, 5.74) is 4.92. The molecule has 1 saturated heterocycles. The maximum atomic E-state index is 12.5. The summed E-state index contributed by atoms with van der Waals surface area (Å²) in [7, 11) is 0. The molecule has 32 heavy (non-hydrogen) atoms. The predicted octanol–water partition coefficient (Wildman–Crippen LogP) is 4.63. The fourth-order valence-corrected chi connectivity index (χ4v) is 5.06. The quantitative estimate of drug-likeness (QED) is 0.687. The molecule has 0 spiro atoms. The molecule has 0 unspecified atom stereocenters. The summed E-state index contributed by atoms with van der Waals surface area (Å²) >= 11 is 12.1. The molecule has 0 atom stereocenters. The van der Waals surface area contributed by atoms with Crippen molar-refractivity contribution in [2.75, 3.05) is 42.9 Å². The zero-order chi connectivity index (χ0) is 22.8. The number of piperazine rings is 1. The highest BCUT2D eigenvalue weighted by Crippen LogP contribution is 2.36. The Hall–Kier alpha value is -2.33. The van der Waals surface area contributed by atoms with Gasteiger partial charge in [-0.2, -0.15) is 5.26 Å². The van der Waals surface area contributed by atoms with Gasteiger partial charge in [0.15, 0.2) is 0 Å². The summed E-state index contributed by atoms with van der Waals surface area (Å²) in [5.74, 6) is 1.03. The van der Waals surface area contributed by atoms with E-state index in [9.17, 15) is 10.1 Å². The minimum absolute atomic E-state index is 0.113. The van der Waals surface area contributed by atoms with Crippen LogP contribution in [0.15, 0.2) is 18.2 Å². The Balaban J connectivity index is 1.42. The average Bonchev–Trinajstić information content (AvgIpc) is 3.24. The van der Waals surface area contributed by atoms with E-state index in [4.69, 9.17) is 28.2 Å². The molecule has 1 N–H and O–H groups in total. The molecule has 1 fully saturated rings. The topological polar surface area (TPSA) is 72.3 Å². The van der Waals surface area contributed by atoms with Crippen molar-refractivity contribution in [1.29, 1.82) is 5.26 Å². The van der Waals surface area contributed by atoms with Crippen LogP contribution >= 0.6 is 23.2 Å². The van der Waals surface area contributed by atoms with Crippen LogP contribution in [0.3, 0.4) is 0 Å². The molecule has 0 radical (unpaired) electrons. The Morgan fingerprint density at radius 3 is 2.56 bits per heavy atom. The van der Waals surface area contributed by atoms with Gasteiger partial charge in [0.25, 0.3) is 0 Å². The number of fused-ring (bicyclic) bond motifs is 1. The molecule has 4 rings (SSSR count). The number of carbonyl (C=O) groups is 1. The van der Waals surface area contributed by atoms with Crippen molar-refractivity contribution in [2.45, 2.75) is 39.0 Å². The molecule has 2 heterocycles. The van der Waals surface area contributed by atoms with Gasteiger partial charge in [0.2, 0.25) is 5.91 Å². The fraction of sp³-hybridized carbons (Fsp3) is 0.458. The molecular weight excluding hydrogens is 445 g/mol. The molecule has 168 valence electrons. The van der Waals surface area contributed by atoms with Gasteiger partial charge in [0, 0.05) is 36.9 Å². The zero-order valence-corrected chi connectivity index (χ0v) is 19.9. The van der Waals surface area contributed by atoms with Gasteiger partial charge in [-0.3, -0.25) is 9.69 Å². The highest BCUT2D eigenvalue weighted by molar-refractivity contribution is 6.36. The molecule has 8 heteroatoms. The molecule has 1 aromatic carbocycles. The van der Waals surface area contributed by atoms with E-state index in [2.05, 4.69) is 35.0 Å². The van der Waals surface area contributed by atoms with Gasteiger partial charge in [-0.25, -0.2) is 4.98 Å². The lowest BCUT2D eigenvalue weighted by Gasteiger charge is -2.36. The monoisotopic (exact) mass is 471 g/mol. The Kier molecular flexibility index (Phi) is 6.90. The Morgan fingerprint density at radius 1 is 1.19 bits per heavy atom. The third-order valence-corrected chi connectivity index (χ3v) is 6.73. The number of anilines is 2. The minimum Gasteiger partial charge on any atom is -0.353 e. The van der Waals surface area contributed by atoms with Gasteiger partial charge in [-0.15, -0.1) is 0 Å². The first kappa shape index (κ1) is 22.8. The van der Waals surface area contributed by atoms with E-state index in [0.717, 1.165) is 62.5 Å². The average molecular weight is 472 g/mol. The largest absolute Gasteiger partial charge is 0.353 e. The van der Waals surface area contributed by atoms with E-state index in [0.29, 0.717) is 21.7 Å². The molecule has 1 amide bonds. The molecule has 1 aliphatic heterocycles. The second-order valence-corrected chi connectivity index (χ2v) is 9.55. The number of rotatable bonds is 5. The second kappa shape index (κ2) is 9.66. The summed E-state index contributed by atoms with van der Waals surface area (Å²) < 4.78 is 0. The molecule has 0 saturated carbocycles. The summed E-state index contributed by atoms with van der Waals surface area (Å²) in [4.78, 5) is 21.8. The Morgan fingerprint density at radius 2 is 1.91 bits per heavy atom. The number of nitrogens with one attached hydrogen (secondary N) is 1. The normalized spacial score (nSPS) is 16.2. The zero-order valence-electron chi connectivity index (χ0n) is 18.4. The van der Waals surface area contributed by atoms with Crippen molar-refractivity contribution in [1.82, 2.24) is 9.88 Å².